The van der Waals surface area contributed by atoms with Gasteiger partial charge in [0.25, 0.3) is 0 Å². The van der Waals surface area contributed by atoms with Crippen LogP contribution in [-0.2, 0) is 19.1 Å². The van der Waals surface area contributed by atoms with Crippen LogP contribution in [0.2, 0.25) is 0 Å². The molecule has 0 aromatic carbocycles. The monoisotopic (exact) mass is 362 g/mol. The van der Waals surface area contributed by atoms with Crippen molar-refractivity contribution in [2.75, 3.05) is 0 Å². The molecule has 132 valence electrons. The van der Waals surface area contributed by atoms with E-state index >= 15 is 0 Å². The van der Waals surface area contributed by atoms with Crippen LogP contribution in [0.1, 0.15) is 11.3 Å². The normalized spacial score (nSPS) is 13.4. The zero-order valence-electron chi connectivity index (χ0n) is 11.6. The molecule has 5 nitrogen and oxygen atoms in total. The molecule has 2 heterocycles. The molecule has 24 heavy (non-hydrogen) atoms. The first kappa shape index (κ1) is 18.2. The molecule has 0 aliphatic carbocycles. The quantitative estimate of drug-likeness (QED) is 0.661. The van der Waals surface area contributed by atoms with Gasteiger partial charge in [-0.1, -0.05) is 0 Å². The molecule has 1 N–H and O–H groups in total. The largest absolute Gasteiger partial charge is 0.459 e. The maximum atomic E-state index is 13.5. The first-order chi connectivity index (χ1) is 10.8. The van der Waals surface area contributed by atoms with Gasteiger partial charge in [-0.05, 0) is 5.46 Å². The smallest absolute Gasteiger partial charge is 0.449 e. The van der Waals surface area contributed by atoms with E-state index in [9.17, 15) is 35.1 Å². The Bertz CT molecular complexity index is 747. The second kappa shape index (κ2) is 5.46. The Morgan fingerprint density at radius 1 is 1.08 bits per heavy atom. The highest BCUT2D eigenvalue weighted by molar-refractivity contribution is 6.45. The second-order valence-electron chi connectivity index (χ2n) is 4.69. The van der Waals surface area contributed by atoms with Crippen molar-refractivity contribution in [1.82, 2.24) is 19.6 Å². The molecule has 2 aromatic heterocycles. The van der Waals surface area contributed by atoms with E-state index in [4.69, 9.17) is 5.02 Å². The van der Waals surface area contributed by atoms with E-state index in [1.54, 1.807) is 0 Å². The first-order valence-corrected chi connectivity index (χ1v) is 6.04. The van der Waals surface area contributed by atoms with Crippen LogP contribution in [0.5, 0.6) is 0 Å². The van der Waals surface area contributed by atoms with E-state index in [1.165, 1.54) is 0 Å². The summed E-state index contributed by atoms with van der Waals surface area (Å²) < 4.78 is 104. The Kier molecular flexibility index (Phi) is 4.15. The first-order valence-electron chi connectivity index (χ1n) is 6.04. The van der Waals surface area contributed by atoms with Gasteiger partial charge in [-0.15, -0.1) is 0 Å². The predicted molar refractivity (Wildman–Crippen MR) is 64.3 cm³/mol. The maximum absolute atomic E-state index is 13.5. The number of aromatic nitrogens is 4. The van der Waals surface area contributed by atoms with Crippen LogP contribution in [0.15, 0.2) is 12.4 Å². The highest BCUT2D eigenvalue weighted by Gasteiger charge is 2.64. The molecule has 0 saturated carbocycles. The number of nitrogens with zero attached hydrogens (tertiary/aromatic N) is 4. The van der Waals surface area contributed by atoms with Crippen LogP contribution in [-0.4, -0.2) is 38.2 Å². The van der Waals surface area contributed by atoms with Gasteiger partial charge in [0, 0.05) is 19.4 Å². The van der Waals surface area contributed by atoms with Crippen molar-refractivity contribution in [2.24, 2.45) is 7.05 Å². The van der Waals surface area contributed by atoms with E-state index in [1.807, 2.05) is 0 Å². The third kappa shape index (κ3) is 2.85. The Morgan fingerprint density at radius 2 is 1.67 bits per heavy atom. The van der Waals surface area contributed by atoms with Crippen molar-refractivity contribution in [2.45, 2.75) is 18.3 Å². The van der Waals surface area contributed by atoms with Gasteiger partial charge < -0.3 is 5.02 Å². The van der Waals surface area contributed by atoms with Crippen molar-refractivity contribution in [3.05, 3.63) is 23.7 Å². The van der Waals surface area contributed by atoms with E-state index in [0.717, 1.165) is 19.4 Å². The van der Waals surface area contributed by atoms with Crippen molar-refractivity contribution >= 4 is 12.9 Å². The molecule has 0 amide bonds. The zero-order valence-corrected chi connectivity index (χ0v) is 11.6. The molecule has 0 bridgehead atoms. The van der Waals surface area contributed by atoms with Gasteiger partial charge in [-0.2, -0.15) is 45.3 Å². The Hall–Kier alpha value is -2.12. The van der Waals surface area contributed by atoms with Crippen molar-refractivity contribution in [3.63, 3.8) is 0 Å². The highest BCUT2D eigenvalue weighted by atomic mass is 19.4. The summed E-state index contributed by atoms with van der Waals surface area (Å²) in [7, 11) is 0.144. The number of rotatable bonds is 3. The molecular formula is C10H7BF8N4O. The number of aryl methyl sites for hydroxylation is 1. The molecule has 0 saturated heterocycles. The predicted octanol–water partition coefficient (Wildman–Crippen LogP) is 1.25. The van der Waals surface area contributed by atoms with Gasteiger partial charge in [-0.3, -0.25) is 0 Å². The summed E-state index contributed by atoms with van der Waals surface area (Å²) in [6, 6.07) is 0. The van der Waals surface area contributed by atoms with Gasteiger partial charge in [0.05, 0.1) is 0 Å². The van der Waals surface area contributed by atoms with E-state index < -0.39 is 42.8 Å². The van der Waals surface area contributed by atoms with Gasteiger partial charge >= 0.3 is 25.8 Å². The van der Waals surface area contributed by atoms with Crippen LogP contribution in [0.3, 0.4) is 0 Å². The molecule has 0 unspecified atom stereocenters. The summed E-state index contributed by atoms with van der Waals surface area (Å²) in [4.78, 5) is 0. The SMILES string of the molecule is Cn1nc(C(F)(F)C(F)(F)F)c(C(F)(F)F)c1-n1cc(BO)cn1. The molecule has 0 radical (unpaired) electrons. The summed E-state index contributed by atoms with van der Waals surface area (Å²) in [6.45, 7) is 0. The molecule has 2 aromatic rings. The van der Waals surface area contributed by atoms with Crippen LogP contribution < -0.4 is 5.46 Å². The number of hydrogen-bond acceptors (Lipinski definition) is 3. The average Bonchev–Trinajstić information content (AvgIpc) is 3.00. The lowest BCUT2D eigenvalue weighted by Gasteiger charge is -2.19. The van der Waals surface area contributed by atoms with Crippen LogP contribution in [0.25, 0.3) is 5.82 Å². The summed E-state index contributed by atoms with van der Waals surface area (Å²) >= 11 is 0. The number of alkyl halides is 8. The van der Waals surface area contributed by atoms with Crippen LogP contribution in [0, 0.1) is 0 Å². The zero-order chi connectivity index (χ0) is 18.5. The fourth-order valence-electron chi connectivity index (χ4n) is 1.95. The molecule has 0 atom stereocenters. The van der Waals surface area contributed by atoms with Gasteiger partial charge in [0.15, 0.2) is 11.5 Å². The molecule has 0 spiro atoms. The Balaban J connectivity index is 2.79. The topological polar surface area (TPSA) is 55.9 Å². The Morgan fingerprint density at radius 3 is 2.08 bits per heavy atom. The number of hydrogen-bond donors (Lipinski definition) is 1. The minimum atomic E-state index is -6.26. The third-order valence-electron chi connectivity index (χ3n) is 2.99. The van der Waals surface area contributed by atoms with Gasteiger partial charge in [-0.25, -0.2) is 9.36 Å². The third-order valence-corrected chi connectivity index (χ3v) is 2.99. The van der Waals surface area contributed by atoms with E-state index in [0.29, 0.717) is 4.68 Å². The van der Waals surface area contributed by atoms with Crippen LogP contribution >= 0.6 is 0 Å². The van der Waals surface area contributed by atoms with E-state index in [-0.39, 0.29) is 10.1 Å². The summed E-state index contributed by atoms with van der Waals surface area (Å²) in [5, 5.41) is 15.0. The summed E-state index contributed by atoms with van der Waals surface area (Å²) in [5.74, 6) is -6.96. The molecule has 0 aliphatic rings. The standard InChI is InChI=1S/C10H7BF8N4O/c1-22-7(23-3-4(11-24)2-20-23)5(9(14,15)16)6(21-22)8(12,13)10(17,18)19/h2-3,11,24H,1H3. The van der Waals surface area contributed by atoms with Gasteiger partial charge in [0.1, 0.15) is 5.56 Å². The molecule has 0 aliphatic heterocycles. The fraction of sp³-hybridized carbons (Fsp3) is 0.400. The van der Waals surface area contributed by atoms with E-state index in [2.05, 4.69) is 10.2 Å². The second-order valence-corrected chi connectivity index (χ2v) is 4.69. The maximum Gasteiger partial charge on any atom is 0.459 e. The number of halogens is 8. The lowest BCUT2D eigenvalue weighted by molar-refractivity contribution is -0.292. The Labute approximate surface area is 128 Å². The molecule has 14 heteroatoms. The van der Waals surface area contributed by atoms with Gasteiger partial charge in [0.2, 0.25) is 0 Å². The average molecular weight is 362 g/mol. The minimum Gasteiger partial charge on any atom is -0.449 e. The molecule has 2 rings (SSSR count). The lowest BCUT2D eigenvalue weighted by Crippen LogP contribution is -2.36. The lowest BCUT2D eigenvalue weighted by atomic mass is 9.93. The minimum absolute atomic E-state index is 0.0217. The van der Waals surface area contributed by atoms with Crippen molar-refractivity contribution in [1.29, 1.82) is 0 Å². The van der Waals surface area contributed by atoms with Crippen LogP contribution in [0.4, 0.5) is 35.1 Å². The molecule has 0 fully saturated rings. The summed E-state index contributed by atoms with van der Waals surface area (Å²) in [5.41, 5.74) is -4.71. The fourth-order valence-corrected chi connectivity index (χ4v) is 1.95. The molecular weight excluding hydrogens is 355 g/mol. The summed E-state index contributed by atoms with van der Waals surface area (Å²) in [6.07, 6.45) is -10.0. The highest BCUT2D eigenvalue weighted by Crippen LogP contribution is 2.49. The van der Waals surface area contributed by atoms with Crippen molar-refractivity contribution < 1.29 is 40.1 Å². The van der Waals surface area contributed by atoms with Crippen molar-refractivity contribution in [3.8, 4) is 5.82 Å².